The highest BCUT2D eigenvalue weighted by Gasteiger charge is 2.29. The Bertz CT molecular complexity index is 1340. The number of hydrogen-bond acceptors (Lipinski definition) is 6. The van der Waals surface area contributed by atoms with Crippen molar-refractivity contribution in [1.29, 1.82) is 0 Å². The van der Waals surface area contributed by atoms with Crippen LogP contribution in [0.15, 0.2) is 65.6 Å². The van der Waals surface area contributed by atoms with Crippen LogP contribution in [0, 0.1) is 30.9 Å². The maximum Gasteiger partial charge on any atom is 0.273 e. The zero-order chi connectivity index (χ0) is 25.0. The normalized spacial score (nSPS) is 11.1. The van der Waals surface area contributed by atoms with Gasteiger partial charge in [0.1, 0.15) is 12.3 Å². The molecule has 0 aliphatic carbocycles. The number of nitro groups is 1. The molecule has 10 heteroatoms. The summed E-state index contributed by atoms with van der Waals surface area (Å²) < 4.78 is 33.2. The van der Waals surface area contributed by atoms with E-state index >= 15 is 0 Å². The van der Waals surface area contributed by atoms with Crippen molar-refractivity contribution in [1.82, 2.24) is 0 Å². The van der Waals surface area contributed by atoms with Crippen LogP contribution in [0.1, 0.15) is 16.7 Å². The van der Waals surface area contributed by atoms with Crippen molar-refractivity contribution in [2.24, 2.45) is 0 Å². The summed E-state index contributed by atoms with van der Waals surface area (Å²) in [6.07, 6.45) is 0. The third-order valence-electron chi connectivity index (χ3n) is 5.28. The first-order valence-electron chi connectivity index (χ1n) is 10.3. The Morgan fingerprint density at radius 1 is 1.00 bits per heavy atom. The third-order valence-corrected chi connectivity index (χ3v) is 7.05. The van der Waals surface area contributed by atoms with Crippen LogP contribution in [-0.2, 0) is 14.8 Å². The number of methoxy groups -OCH3 is 1. The number of hydrogen-bond donors (Lipinski definition) is 1. The Morgan fingerprint density at radius 2 is 1.65 bits per heavy atom. The molecule has 0 aliphatic heterocycles. The van der Waals surface area contributed by atoms with Gasteiger partial charge in [-0.1, -0.05) is 18.2 Å². The number of nitro benzene ring substituents is 1. The van der Waals surface area contributed by atoms with E-state index in [4.69, 9.17) is 4.74 Å². The molecule has 0 fully saturated rings. The maximum absolute atomic E-state index is 13.6. The Hall–Kier alpha value is -3.92. The molecule has 0 saturated heterocycles. The van der Waals surface area contributed by atoms with E-state index in [2.05, 4.69) is 5.32 Å². The van der Waals surface area contributed by atoms with Crippen molar-refractivity contribution >= 4 is 33.0 Å². The molecule has 3 rings (SSSR count). The smallest absolute Gasteiger partial charge is 0.273 e. The lowest BCUT2D eigenvalue weighted by atomic mass is 10.1. The number of sulfonamides is 1. The molecule has 0 heterocycles. The topological polar surface area (TPSA) is 119 Å². The zero-order valence-corrected chi connectivity index (χ0v) is 20.0. The highest BCUT2D eigenvalue weighted by molar-refractivity contribution is 7.92. The second kappa shape index (κ2) is 9.92. The first-order chi connectivity index (χ1) is 16.0. The standard InChI is InChI=1S/C24H25N3O6S/c1-16-5-6-17(2)22(13-16)25-24(28)15-26(19-8-10-20(33-4)11-9-19)34(31,32)21-12-7-18(3)23(14-21)27(29)30/h5-14H,15H2,1-4H3,(H,25,28). The predicted octanol–water partition coefficient (Wildman–Crippen LogP) is 4.36. The van der Waals surface area contributed by atoms with Crippen LogP contribution in [0.5, 0.6) is 5.75 Å². The fraction of sp³-hybridized carbons (Fsp3) is 0.208. The molecule has 0 aromatic heterocycles. The zero-order valence-electron chi connectivity index (χ0n) is 19.2. The van der Waals surface area contributed by atoms with Crippen molar-refractivity contribution in [3.63, 3.8) is 0 Å². The first-order valence-corrected chi connectivity index (χ1v) is 11.8. The van der Waals surface area contributed by atoms with E-state index in [0.717, 1.165) is 21.5 Å². The van der Waals surface area contributed by atoms with E-state index in [1.807, 2.05) is 26.0 Å². The molecule has 3 aromatic carbocycles. The number of nitrogens with zero attached hydrogens (tertiary/aromatic N) is 2. The molecule has 0 aliphatic rings. The van der Waals surface area contributed by atoms with Gasteiger partial charge >= 0.3 is 0 Å². The highest BCUT2D eigenvalue weighted by Crippen LogP contribution is 2.29. The molecule has 0 atom stereocenters. The van der Waals surface area contributed by atoms with Crippen LogP contribution >= 0.6 is 0 Å². The fourth-order valence-electron chi connectivity index (χ4n) is 3.33. The number of benzene rings is 3. The number of nitrogens with one attached hydrogen (secondary N) is 1. The Kier molecular flexibility index (Phi) is 7.21. The largest absolute Gasteiger partial charge is 0.497 e. The summed E-state index contributed by atoms with van der Waals surface area (Å²) in [5.74, 6) is -0.0541. The number of carbonyl (C=O) groups excluding carboxylic acids is 1. The molecule has 1 amide bonds. The van der Waals surface area contributed by atoms with Crippen molar-refractivity contribution in [2.75, 3.05) is 23.3 Å². The first kappa shape index (κ1) is 24.7. The lowest BCUT2D eigenvalue weighted by Crippen LogP contribution is -2.38. The Labute approximate surface area is 198 Å². The second-order valence-electron chi connectivity index (χ2n) is 7.78. The molecule has 34 heavy (non-hydrogen) atoms. The van der Waals surface area contributed by atoms with Crippen molar-refractivity contribution in [3.05, 3.63) is 87.5 Å². The van der Waals surface area contributed by atoms with E-state index in [1.54, 1.807) is 18.2 Å². The van der Waals surface area contributed by atoms with Gasteiger partial charge in [0.15, 0.2) is 0 Å². The lowest BCUT2D eigenvalue weighted by molar-refractivity contribution is -0.385. The molecule has 0 radical (unpaired) electrons. The molecular formula is C24H25N3O6S. The van der Waals surface area contributed by atoms with Gasteiger partial charge in [-0.05, 0) is 68.3 Å². The number of amides is 1. The quantitative estimate of drug-likeness (QED) is 0.376. The van der Waals surface area contributed by atoms with Crippen LogP contribution in [0.2, 0.25) is 0 Å². The van der Waals surface area contributed by atoms with Gasteiger partial charge in [0, 0.05) is 17.3 Å². The maximum atomic E-state index is 13.6. The summed E-state index contributed by atoms with van der Waals surface area (Å²) in [6, 6.07) is 15.4. The Morgan fingerprint density at radius 3 is 2.26 bits per heavy atom. The summed E-state index contributed by atoms with van der Waals surface area (Å²) in [5, 5.41) is 14.1. The summed E-state index contributed by atoms with van der Waals surface area (Å²) in [5.41, 5.74) is 2.55. The highest BCUT2D eigenvalue weighted by atomic mass is 32.2. The number of anilines is 2. The van der Waals surface area contributed by atoms with Crippen molar-refractivity contribution in [3.8, 4) is 5.75 Å². The number of aryl methyl sites for hydroxylation is 3. The van der Waals surface area contributed by atoms with Gasteiger partial charge in [-0.3, -0.25) is 19.2 Å². The molecule has 0 unspecified atom stereocenters. The van der Waals surface area contributed by atoms with Crippen LogP contribution in [0.3, 0.4) is 0 Å². The Balaban J connectivity index is 2.03. The molecule has 3 aromatic rings. The van der Waals surface area contributed by atoms with E-state index in [0.29, 0.717) is 17.0 Å². The monoisotopic (exact) mass is 483 g/mol. The second-order valence-corrected chi connectivity index (χ2v) is 9.64. The van der Waals surface area contributed by atoms with Gasteiger partial charge < -0.3 is 10.1 Å². The third kappa shape index (κ3) is 5.34. The van der Waals surface area contributed by atoms with Crippen LogP contribution < -0.4 is 14.4 Å². The molecule has 0 spiro atoms. The van der Waals surface area contributed by atoms with Crippen LogP contribution in [-0.4, -0.2) is 32.9 Å². The van der Waals surface area contributed by atoms with Crippen molar-refractivity contribution in [2.45, 2.75) is 25.7 Å². The SMILES string of the molecule is COc1ccc(N(CC(=O)Nc2cc(C)ccc2C)S(=O)(=O)c2ccc(C)c([N+](=O)[O-])c2)cc1. The average Bonchev–Trinajstić information content (AvgIpc) is 2.80. The van der Waals surface area contributed by atoms with Gasteiger partial charge in [0.05, 0.1) is 22.6 Å². The lowest BCUT2D eigenvalue weighted by Gasteiger charge is -2.24. The average molecular weight is 484 g/mol. The number of ether oxygens (including phenoxy) is 1. The summed E-state index contributed by atoms with van der Waals surface area (Å²) in [6.45, 7) is 4.70. The minimum absolute atomic E-state index is 0.208. The van der Waals surface area contributed by atoms with Gasteiger partial charge in [-0.15, -0.1) is 0 Å². The summed E-state index contributed by atoms with van der Waals surface area (Å²) in [7, 11) is -2.85. The molecule has 0 bridgehead atoms. The molecule has 178 valence electrons. The van der Waals surface area contributed by atoms with E-state index in [9.17, 15) is 23.3 Å². The van der Waals surface area contributed by atoms with E-state index in [-0.39, 0.29) is 16.3 Å². The minimum atomic E-state index is -4.32. The van der Waals surface area contributed by atoms with Crippen LogP contribution in [0.25, 0.3) is 0 Å². The van der Waals surface area contributed by atoms with Gasteiger partial charge in [0.25, 0.3) is 15.7 Å². The molecule has 0 saturated carbocycles. The number of rotatable bonds is 8. The molecule has 9 nitrogen and oxygen atoms in total. The van der Waals surface area contributed by atoms with Gasteiger partial charge in [0.2, 0.25) is 5.91 Å². The minimum Gasteiger partial charge on any atom is -0.497 e. The predicted molar refractivity (Wildman–Crippen MR) is 130 cm³/mol. The number of carbonyl (C=O) groups is 1. The van der Waals surface area contributed by atoms with Crippen molar-refractivity contribution < 1.29 is 22.9 Å². The van der Waals surface area contributed by atoms with Gasteiger partial charge in [-0.2, -0.15) is 0 Å². The fourth-order valence-corrected chi connectivity index (χ4v) is 4.77. The van der Waals surface area contributed by atoms with Gasteiger partial charge in [-0.25, -0.2) is 8.42 Å². The van der Waals surface area contributed by atoms with E-state index < -0.39 is 27.4 Å². The summed E-state index contributed by atoms with van der Waals surface area (Å²) in [4.78, 5) is 23.4. The summed E-state index contributed by atoms with van der Waals surface area (Å²) >= 11 is 0. The van der Waals surface area contributed by atoms with E-state index in [1.165, 1.54) is 38.3 Å². The molecular weight excluding hydrogens is 458 g/mol. The van der Waals surface area contributed by atoms with Crippen LogP contribution in [0.4, 0.5) is 17.1 Å². The molecule has 1 N–H and O–H groups in total.